The number of H-pyrrole nitrogens is 1. The Kier molecular flexibility index (Phi) is 7.76. The Bertz CT molecular complexity index is 949. The zero-order valence-electron chi connectivity index (χ0n) is 19.3. The number of nitrogen functional groups attached to an aromatic ring is 1. The minimum Gasteiger partial charge on any atom is -0.385 e. The molecule has 1 aromatic heterocycles. The van der Waals surface area contributed by atoms with Crippen LogP contribution in [0.2, 0.25) is 0 Å². The van der Waals surface area contributed by atoms with Gasteiger partial charge in [-0.15, -0.1) is 0 Å². The Morgan fingerprint density at radius 2 is 1.94 bits per heavy atom. The average Bonchev–Trinajstić information content (AvgIpc) is 3.60. The average molecular weight is 450 g/mol. The van der Waals surface area contributed by atoms with E-state index in [2.05, 4.69) is 4.98 Å². The van der Waals surface area contributed by atoms with Crippen molar-refractivity contribution in [2.75, 3.05) is 44.0 Å². The number of piperidine rings is 1. The number of ether oxygens (including phenoxy) is 1. The standard InChI is InChI=1S/C22H35N5O5/c1-14(2)12-27-18(23)17(19(28)24-22(27)31)26(10-5-11-32-3)21(30)16-6-4-9-25(13-16)20(29)15-7-8-15/h14-16H,4-13,23H2,1-3H3,(H,24,28,31). The Morgan fingerprint density at radius 3 is 2.56 bits per heavy atom. The lowest BCUT2D eigenvalue weighted by Crippen LogP contribution is -2.49. The number of aromatic amines is 1. The number of nitrogens with one attached hydrogen (secondary N) is 1. The number of carbonyl (C=O) groups excluding carboxylic acids is 2. The highest BCUT2D eigenvalue weighted by atomic mass is 16.5. The molecule has 1 atom stereocenters. The second-order valence-corrected chi connectivity index (χ2v) is 9.23. The summed E-state index contributed by atoms with van der Waals surface area (Å²) in [5.74, 6) is -0.345. The molecule has 1 saturated heterocycles. The molecule has 32 heavy (non-hydrogen) atoms. The van der Waals surface area contributed by atoms with Crippen LogP contribution in [0.1, 0.15) is 46.0 Å². The number of anilines is 2. The van der Waals surface area contributed by atoms with E-state index in [1.54, 1.807) is 12.0 Å². The highest BCUT2D eigenvalue weighted by Gasteiger charge is 2.38. The second kappa shape index (κ2) is 10.3. The van der Waals surface area contributed by atoms with E-state index in [9.17, 15) is 19.2 Å². The molecule has 10 nitrogen and oxygen atoms in total. The number of aromatic nitrogens is 2. The highest BCUT2D eigenvalue weighted by molar-refractivity contribution is 5.97. The summed E-state index contributed by atoms with van der Waals surface area (Å²) in [4.78, 5) is 56.8. The molecule has 1 aromatic rings. The number of hydrogen-bond donors (Lipinski definition) is 2. The van der Waals surface area contributed by atoms with Crippen molar-refractivity contribution in [3.05, 3.63) is 20.8 Å². The van der Waals surface area contributed by atoms with Crippen molar-refractivity contribution in [1.29, 1.82) is 0 Å². The minimum atomic E-state index is -0.681. The number of rotatable bonds is 9. The molecule has 0 radical (unpaired) electrons. The first-order chi connectivity index (χ1) is 15.2. The predicted octanol–water partition coefficient (Wildman–Crippen LogP) is 0.793. The van der Waals surface area contributed by atoms with E-state index in [0.29, 0.717) is 39.1 Å². The maximum Gasteiger partial charge on any atom is 0.330 e. The summed E-state index contributed by atoms with van der Waals surface area (Å²) in [6.07, 6.45) is 3.71. The fourth-order valence-corrected chi connectivity index (χ4v) is 4.27. The van der Waals surface area contributed by atoms with Crippen LogP contribution in [0.4, 0.5) is 11.5 Å². The first-order valence-corrected chi connectivity index (χ1v) is 11.5. The van der Waals surface area contributed by atoms with Gasteiger partial charge < -0.3 is 20.3 Å². The van der Waals surface area contributed by atoms with Crippen LogP contribution in [0.25, 0.3) is 0 Å². The van der Waals surface area contributed by atoms with Gasteiger partial charge in [0.2, 0.25) is 11.8 Å². The summed E-state index contributed by atoms with van der Waals surface area (Å²) >= 11 is 0. The van der Waals surface area contributed by atoms with E-state index in [0.717, 1.165) is 19.3 Å². The van der Waals surface area contributed by atoms with Gasteiger partial charge in [-0.3, -0.25) is 23.9 Å². The van der Waals surface area contributed by atoms with Crippen molar-refractivity contribution < 1.29 is 14.3 Å². The van der Waals surface area contributed by atoms with Crippen molar-refractivity contribution in [3.8, 4) is 0 Å². The molecule has 3 N–H and O–H groups in total. The van der Waals surface area contributed by atoms with Crippen LogP contribution >= 0.6 is 0 Å². The first kappa shape index (κ1) is 24.0. The quantitative estimate of drug-likeness (QED) is 0.536. The molecule has 1 aliphatic carbocycles. The summed E-state index contributed by atoms with van der Waals surface area (Å²) in [6, 6.07) is 0. The molecule has 0 spiro atoms. The Balaban J connectivity index is 1.92. The third-order valence-corrected chi connectivity index (χ3v) is 6.04. The lowest BCUT2D eigenvalue weighted by molar-refractivity contribution is -0.136. The number of amides is 2. The number of nitrogens with zero attached hydrogens (tertiary/aromatic N) is 3. The van der Waals surface area contributed by atoms with Crippen LogP contribution in [0.15, 0.2) is 9.59 Å². The van der Waals surface area contributed by atoms with E-state index >= 15 is 0 Å². The van der Waals surface area contributed by atoms with Crippen molar-refractivity contribution >= 4 is 23.3 Å². The number of hydrogen-bond acceptors (Lipinski definition) is 6. The summed E-state index contributed by atoms with van der Waals surface area (Å²) in [6.45, 7) is 5.83. The van der Waals surface area contributed by atoms with Crippen molar-refractivity contribution in [1.82, 2.24) is 14.5 Å². The van der Waals surface area contributed by atoms with Gasteiger partial charge in [0.1, 0.15) is 5.82 Å². The molecular formula is C22H35N5O5. The first-order valence-electron chi connectivity index (χ1n) is 11.5. The van der Waals surface area contributed by atoms with Gasteiger partial charge in [-0.2, -0.15) is 0 Å². The van der Waals surface area contributed by atoms with E-state index < -0.39 is 17.2 Å². The maximum absolute atomic E-state index is 13.6. The lowest BCUT2D eigenvalue weighted by atomic mass is 9.95. The molecule has 10 heteroatoms. The van der Waals surface area contributed by atoms with Gasteiger partial charge in [0.05, 0.1) is 5.92 Å². The van der Waals surface area contributed by atoms with Gasteiger partial charge in [0.15, 0.2) is 5.69 Å². The number of likely N-dealkylation sites (tertiary alicyclic amines) is 1. The fourth-order valence-electron chi connectivity index (χ4n) is 4.27. The smallest absolute Gasteiger partial charge is 0.330 e. The molecule has 2 heterocycles. The molecule has 0 aromatic carbocycles. The Morgan fingerprint density at radius 1 is 1.22 bits per heavy atom. The summed E-state index contributed by atoms with van der Waals surface area (Å²) in [5.41, 5.74) is 5.01. The predicted molar refractivity (Wildman–Crippen MR) is 121 cm³/mol. The van der Waals surface area contributed by atoms with Crippen LogP contribution < -0.4 is 21.9 Å². The van der Waals surface area contributed by atoms with Gasteiger partial charge in [0.25, 0.3) is 5.56 Å². The van der Waals surface area contributed by atoms with E-state index in [1.165, 1.54) is 9.47 Å². The third-order valence-electron chi connectivity index (χ3n) is 6.04. The van der Waals surface area contributed by atoms with Crippen LogP contribution in [0.5, 0.6) is 0 Å². The number of carbonyl (C=O) groups is 2. The number of methoxy groups -OCH3 is 1. The van der Waals surface area contributed by atoms with Gasteiger partial charge >= 0.3 is 5.69 Å². The van der Waals surface area contributed by atoms with Crippen molar-refractivity contribution in [2.45, 2.75) is 52.5 Å². The molecule has 0 bridgehead atoms. The SMILES string of the molecule is COCCCN(C(=O)C1CCCN(C(=O)C2CC2)C1)c1c(N)n(CC(C)C)c(=O)[nH]c1=O. The topological polar surface area (TPSA) is 131 Å². The lowest BCUT2D eigenvalue weighted by Gasteiger charge is -2.35. The molecule has 2 amide bonds. The summed E-state index contributed by atoms with van der Waals surface area (Å²) in [5, 5.41) is 0. The van der Waals surface area contributed by atoms with Crippen LogP contribution in [-0.2, 0) is 20.9 Å². The van der Waals surface area contributed by atoms with Gasteiger partial charge in [0, 0.05) is 45.8 Å². The van der Waals surface area contributed by atoms with E-state index in [1.807, 2.05) is 13.8 Å². The normalized spacial score (nSPS) is 18.8. The molecule has 2 aliphatic rings. The maximum atomic E-state index is 13.6. The van der Waals surface area contributed by atoms with Crippen molar-refractivity contribution in [2.24, 2.45) is 17.8 Å². The summed E-state index contributed by atoms with van der Waals surface area (Å²) in [7, 11) is 1.57. The third kappa shape index (κ3) is 5.40. The van der Waals surface area contributed by atoms with E-state index in [4.69, 9.17) is 10.5 Å². The molecular weight excluding hydrogens is 414 g/mol. The molecule has 178 valence electrons. The van der Waals surface area contributed by atoms with Crippen LogP contribution in [0, 0.1) is 17.8 Å². The zero-order valence-corrected chi connectivity index (χ0v) is 19.3. The summed E-state index contributed by atoms with van der Waals surface area (Å²) < 4.78 is 6.44. The Labute approximate surface area is 187 Å². The largest absolute Gasteiger partial charge is 0.385 e. The fraction of sp³-hybridized carbons (Fsp3) is 0.727. The zero-order chi connectivity index (χ0) is 23.4. The van der Waals surface area contributed by atoms with E-state index in [-0.39, 0.29) is 41.7 Å². The number of nitrogens with two attached hydrogens (primary N) is 1. The van der Waals surface area contributed by atoms with Gasteiger partial charge in [-0.25, -0.2) is 4.79 Å². The molecule has 1 saturated carbocycles. The molecule has 1 aliphatic heterocycles. The van der Waals surface area contributed by atoms with Crippen LogP contribution in [-0.4, -0.2) is 59.6 Å². The minimum absolute atomic E-state index is 0.00278. The van der Waals surface area contributed by atoms with Crippen molar-refractivity contribution in [3.63, 3.8) is 0 Å². The molecule has 2 fully saturated rings. The Hall–Kier alpha value is -2.62. The van der Waals surface area contributed by atoms with Crippen LogP contribution in [0.3, 0.4) is 0 Å². The van der Waals surface area contributed by atoms with Gasteiger partial charge in [-0.1, -0.05) is 13.8 Å². The second-order valence-electron chi connectivity index (χ2n) is 9.23. The van der Waals surface area contributed by atoms with Gasteiger partial charge in [-0.05, 0) is 38.0 Å². The molecule has 3 rings (SSSR count). The monoisotopic (exact) mass is 449 g/mol. The highest BCUT2D eigenvalue weighted by Crippen LogP contribution is 2.33. The molecule has 1 unspecified atom stereocenters.